The number of aryl methyl sites for hydroxylation is 3. The van der Waals surface area contributed by atoms with Crippen LogP contribution in [-0.2, 0) is 19.3 Å². The molecule has 0 fully saturated rings. The van der Waals surface area contributed by atoms with E-state index < -0.39 is 0 Å². The topological polar surface area (TPSA) is 3.24 Å². The number of rotatable bonds is 0. The molecule has 1 heterocycles. The third-order valence-electron chi connectivity index (χ3n) is 5.56. The van der Waals surface area contributed by atoms with Gasteiger partial charge in [-0.15, -0.1) is 0 Å². The first kappa shape index (κ1) is 13.9. The predicted molar refractivity (Wildman–Crippen MR) is 103 cm³/mol. The first-order valence-corrected chi connectivity index (χ1v) is 8.88. The van der Waals surface area contributed by atoms with Crippen LogP contribution in [0.2, 0.25) is 0 Å². The van der Waals surface area contributed by atoms with Crippen LogP contribution in [0.25, 0.3) is 16.8 Å². The summed E-state index contributed by atoms with van der Waals surface area (Å²) >= 11 is 0. The van der Waals surface area contributed by atoms with E-state index in [0.29, 0.717) is 0 Å². The van der Waals surface area contributed by atoms with Crippen molar-refractivity contribution >= 4 is 28.2 Å². The number of anilines is 2. The monoisotopic (exact) mass is 311 g/mol. The second-order valence-corrected chi connectivity index (χ2v) is 6.97. The second kappa shape index (κ2) is 5.24. The van der Waals surface area contributed by atoms with Gasteiger partial charge in [-0.2, -0.15) is 0 Å². The fraction of sp³-hybridized carbons (Fsp3) is 0.217. The normalized spacial score (nSPS) is 15.6. The molecule has 118 valence electrons. The van der Waals surface area contributed by atoms with Crippen LogP contribution in [0.5, 0.6) is 0 Å². The van der Waals surface area contributed by atoms with Crippen molar-refractivity contribution in [1.82, 2.24) is 0 Å². The van der Waals surface area contributed by atoms with Crippen LogP contribution in [0, 0.1) is 0 Å². The lowest BCUT2D eigenvalue weighted by Gasteiger charge is -2.27. The molecular formula is C23H21N. The second-order valence-electron chi connectivity index (χ2n) is 6.97. The summed E-state index contributed by atoms with van der Waals surface area (Å²) < 4.78 is 0. The van der Waals surface area contributed by atoms with Crippen LogP contribution in [0.4, 0.5) is 11.4 Å². The molecule has 0 radical (unpaired) electrons. The van der Waals surface area contributed by atoms with Gasteiger partial charge < -0.3 is 4.90 Å². The molecule has 0 N–H and O–H groups in total. The minimum Gasteiger partial charge on any atom is -0.344 e. The van der Waals surface area contributed by atoms with E-state index >= 15 is 0 Å². The highest BCUT2D eigenvalue weighted by Crippen LogP contribution is 2.41. The van der Waals surface area contributed by atoms with E-state index in [9.17, 15) is 0 Å². The van der Waals surface area contributed by atoms with Crippen molar-refractivity contribution in [2.24, 2.45) is 0 Å². The average molecular weight is 311 g/mol. The lowest BCUT2D eigenvalue weighted by molar-refractivity contribution is 0.958. The molecule has 3 aromatic carbocycles. The zero-order chi connectivity index (χ0) is 16.1. The molecule has 1 aliphatic carbocycles. The molecule has 0 spiro atoms. The summed E-state index contributed by atoms with van der Waals surface area (Å²) in [4.78, 5) is 2.43. The van der Waals surface area contributed by atoms with Gasteiger partial charge in [0.2, 0.25) is 0 Å². The minimum atomic E-state index is 1.11. The highest BCUT2D eigenvalue weighted by Gasteiger charge is 2.22. The highest BCUT2D eigenvalue weighted by atomic mass is 15.1. The largest absolute Gasteiger partial charge is 0.344 e. The third-order valence-corrected chi connectivity index (χ3v) is 5.56. The standard InChI is InChI=1S/C23H21N/c1-24-22-15-19-8-3-2-7-18(19)14-20(22)13-12-17-11-10-16-6-4-5-9-21(16)23(17)24/h2-3,5,7-11,14-15H,4,6,12-13H2,1H3. The van der Waals surface area contributed by atoms with Gasteiger partial charge in [-0.3, -0.25) is 0 Å². The smallest absolute Gasteiger partial charge is 0.0517 e. The summed E-state index contributed by atoms with van der Waals surface area (Å²) in [6.07, 6.45) is 9.21. The first-order chi connectivity index (χ1) is 11.8. The van der Waals surface area contributed by atoms with Gasteiger partial charge in [0.1, 0.15) is 0 Å². The minimum absolute atomic E-state index is 1.11. The fourth-order valence-corrected chi connectivity index (χ4v) is 4.31. The van der Waals surface area contributed by atoms with Crippen molar-refractivity contribution < 1.29 is 0 Å². The average Bonchev–Trinajstić information content (AvgIpc) is 2.77. The van der Waals surface area contributed by atoms with E-state index in [1.165, 1.54) is 44.4 Å². The zero-order valence-electron chi connectivity index (χ0n) is 14.0. The number of nitrogens with zero attached hydrogens (tertiary/aromatic N) is 1. The fourth-order valence-electron chi connectivity index (χ4n) is 4.31. The molecule has 1 nitrogen and oxygen atoms in total. The number of hydrogen-bond donors (Lipinski definition) is 0. The van der Waals surface area contributed by atoms with Crippen LogP contribution >= 0.6 is 0 Å². The van der Waals surface area contributed by atoms with Gasteiger partial charge >= 0.3 is 0 Å². The Bertz CT molecular complexity index is 981. The molecule has 0 unspecified atom stereocenters. The summed E-state index contributed by atoms with van der Waals surface area (Å²) in [5.74, 6) is 0. The maximum atomic E-state index is 2.43. The van der Waals surface area contributed by atoms with E-state index in [0.717, 1.165) is 25.7 Å². The molecule has 3 aromatic rings. The molecule has 0 saturated heterocycles. The van der Waals surface area contributed by atoms with Crippen LogP contribution in [0.1, 0.15) is 28.7 Å². The quantitative estimate of drug-likeness (QED) is 0.517. The van der Waals surface area contributed by atoms with Gasteiger partial charge in [-0.1, -0.05) is 48.6 Å². The van der Waals surface area contributed by atoms with E-state index in [2.05, 4.69) is 72.6 Å². The van der Waals surface area contributed by atoms with Crippen LogP contribution in [0.15, 0.2) is 54.6 Å². The zero-order valence-corrected chi connectivity index (χ0v) is 14.0. The lowest BCUT2D eigenvalue weighted by Crippen LogP contribution is -2.14. The van der Waals surface area contributed by atoms with Crippen molar-refractivity contribution in [2.75, 3.05) is 11.9 Å². The Kier molecular flexibility index (Phi) is 3.02. The number of allylic oxidation sites excluding steroid dienone is 1. The molecule has 24 heavy (non-hydrogen) atoms. The summed E-state index contributed by atoms with van der Waals surface area (Å²) in [6.45, 7) is 0. The van der Waals surface area contributed by atoms with E-state index in [1.807, 2.05) is 0 Å². The van der Waals surface area contributed by atoms with Crippen LogP contribution in [-0.4, -0.2) is 7.05 Å². The Labute approximate surface area is 143 Å². The molecule has 0 atom stereocenters. The van der Waals surface area contributed by atoms with Gasteiger partial charge in [-0.25, -0.2) is 0 Å². The molecule has 1 aliphatic heterocycles. The Morgan fingerprint density at radius 3 is 2.42 bits per heavy atom. The Balaban J connectivity index is 1.76. The van der Waals surface area contributed by atoms with Crippen molar-refractivity contribution in [3.8, 4) is 0 Å². The van der Waals surface area contributed by atoms with Crippen LogP contribution in [0.3, 0.4) is 0 Å². The van der Waals surface area contributed by atoms with Crippen molar-refractivity contribution in [3.05, 3.63) is 76.9 Å². The summed E-state index contributed by atoms with van der Waals surface area (Å²) in [5.41, 5.74) is 8.64. The Morgan fingerprint density at radius 1 is 0.792 bits per heavy atom. The molecule has 2 aliphatic rings. The van der Waals surface area contributed by atoms with Crippen molar-refractivity contribution in [3.63, 3.8) is 0 Å². The summed E-state index contributed by atoms with van der Waals surface area (Å²) in [5, 5.41) is 2.67. The molecule has 0 aromatic heterocycles. The molecule has 0 bridgehead atoms. The Morgan fingerprint density at radius 2 is 1.54 bits per heavy atom. The first-order valence-electron chi connectivity index (χ1n) is 8.88. The number of fused-ring (bicyclic) bond motifs is 5. The van der Waals surface area contributed by atoms with E-state index in [1.54, 1.807) is 0 Å². The van der Waals surface area contributed by atoms with Gasteiger partial charge in [0, 0.05) is 18.3 Å². The van der Waals surface area contributed by atoms with Gasteiger partial charge in [0.15, 0.2) is 0 Å². The van der Waals surface area contributed by atoms with Crippen LogP contribution < -0.4 is 4.90 Å². The third kappa shape index (κ3) is 2.01. The maximum absolute atomic E-state index is 2.43. The lowest BCUT2D eigenvalue weighted by atomic mass is 9.92. The SMILES string of the molecule is CN1c2cc3ccccc3cc2CCc2ccc3c(c21)C=CCC3. The molecular weight excluding hydrogens is 290 g/mol. The highest BCUT2D eigenvalue weighted by molar-refractivity contribution is 5.90. The molecule has 1 heteroatoms. The van der Waals surface area contributed by atoms with Crippen molar-refractivity contribution in [2.45, 2.75) is 25.7 Å². The number of hydrogen-bond acceptors (Lipinski definition) is 1. The van der Waals surface area contributed by atoms with E-state index in [4.69, 9.17) is 0 Å². The molecule has 5 rings (SSSR count). The van der Waals surface area contributed by atoms with E-state index in [-0.39, 0.29) is 0 Å². The van der Waals surface area contributed by atoms with Gasteiger partial charge in [0.05, 0.1) is 5.69 Å². The molecule has 0 amide bonds. The van der Waals surface area contributed by atoms with Gasteiger partial charge in [-0.05, 0) is 65.3 Å². The summed E-state index contributed by atoms with van der Waals surface area (Å²) in [7, 11) is 2.24. The Hall–Kier alpha value is -2.54. The van der Waals surface area contributed by atoms with Crippen molar-refractivity contribution in [1.29, 1.82) is 0 Å². The van der Waals surface area contributed by atoms with Gasteiger partial charge in [0.25, 0.3) is 0 Å². The molecule has 0 saturated carbocycles. The maximum Gasteiger partial charge on any atom is 0.0517 e. The number of benzene rings is 3. The predicted octanol–water partition coefficient (Wildman–Crippen LogP) is 5.67. The summed E-state index contributed by atoms with van der Waals surface area (Å²) in [6, 6.07) is 18.2.